The van der Waals surface area contributed by atoms with Gasteiger partial charge in [0, 0.05) is 34.1 Å². The van der Waals surface area contributed by atoms with Crippen LogP contribution in [0.5, 0.6) is 0 Å². The molecule has 0 bridgehead atoms. The molecule has 5 heteroatoms. The van der Waals surface area contributed by atoms with Gasteiger partial charge in [0.25, 0.3) is 5.91 Å². The molecule has 27 heavy (non-hydrogen) atoms. The van der Waals surface area contributed by atoms with Crippen LogP contribution in [0.25, 0.3) is 22.2 Å². The Balaban J connectivity index is 1.82. The number of rotatable bonds is 3. The Bertz CT molecular complexity index is 1140. The number of aromatic nitrogens is 2. The summed E-state index contributed by atoms with van der Waals surface area (Å²) in [4.78, 5) is 21.9. The van der Waals surface area contributed by atoms with E-state index in [1.165, 1.54) is 0 Å². The van der Waals surface area contributed by atoms with E-state index in [9.17, 15) is 4.79 Å². The molecule has 0 saturated heterocycles. The molecule has 0 atom stereocenters. The molecule has 4 rings (SSSR count). The van der Waals surface area contributed by atoms with E-state index in [0.717, 1.165) is 22.0 Å². The largest absolute Gasteiger partial charge is 0.322 e. The summed E-state index contributed by atoms with van der Waals surface area (Å²) in [6, 6.07) is 18.6. The summed E-state index contributed by atoms with van der Waals surface area (Å²) >= 11 is 6.18. The highest BCUT2D eigenvalue weighted by atomic mass is 35.5. The second kappa shape index (κ2) is 7.17. The number of para-hydroxylation sites is 1. The smallest absolute Gasteiger partial charge is 0.256 e. The average Bonchev–Trinajstić information content (AvgIpc) is 2.71. The van der Waals surface area contributed by atoms with E-state index < -0.39 is 0 Å². The van der Waals surface area contributed by atoms with Gasteiger partial charge in [0.15, 0.2) is 0 Å². The number of amides is 1. The van der Waals surface area contributed by atoms with Crippen molar-refractivity contribution in [1.82, 2.24) is 9.97 Å². The van der Waals surface area contributed by atoms with Gasteiger partial charge in [-0.2, -0.15) is 0 Å². The van der Waals surface area contributed by atoms with Gasteiger partial charge in [0.05, 0.1) is 16.8 Å². The first kappa shape index (κ1) is 17.2. The topological polar surface area (TPSA) is 54.9 Å². The van der Waals surface area contributed by atoms with Crippen molar-refractivity contribution in [2.45, 2.75) is 6.92 Å². The van der Waals surface area contributed by atoms with E-state index in [0.29, 0.717) is 22.0 Å². The fraction of sp³-hybridized carbons (Fsp3) is 0.0455. The maximum Gasteiger partial charge on any atom is 0.256 e. The van der Waals surface area contributed by atoms with E-state index in [1.54, 1.807) is 24.5 Å². The molecule has 1 amide bonds. The van der Waals surface area contributed by atoms with Crippen LogP contribution < -0.4 is 5.32 Å². The average molecular weight is 374 g/mol. The standard InChI is InChI=1S/C22H16ClN3O/c1-14-18(23)8-4-10-19(14)26-22(27)17-12-21(15-6-5-11-24-13-15)25-20-9-3-2-7-16(17)20/h2-13H,1H3,(H,26,27). The molecule has 0 fully saturated rings. The summed E-state index contributed by atoms with van der Waals surface area (Å²) in [6.07, 6.45) is 3.44. The Morgan fingerprint density at radius 1 is 1.04 bits per heavy atom. The Morgan fingerprint density at radius 3 is 2.70 bits per heavy atom. The quantitative estimate of drug-likeness (QED) is 0.515. The molecule has 0 spiro atoms. The van der Waals surface area contributed by atoms with Gasteiger partial charge in [-0.1, -0.05) is 35.9 Å². The zero-order chi connectivity index (χ0) is 18.8. The van der Waals surface area contributed by atoms with Crippen molar-refractivity contribution in [3.63, 3.8) is 0 Å². The predicted octanol–water partition coefficient (Wildman–Crippen LogP) is 5.51. The normalized spacial score (nSPS) is 10.7. The first-order chi connectivity index (χ1) is 13.1. The zero-order valence-corrected chi connectivity index (χ0v) is 15.4. The molecule has 2 heterocycles. The molecule has 0 aliphatic carbocycles. The summed E-state index contributed by atoms with van der Waals surface area (Å²) in [7, 11) is 0. The number of nitrogens with zero attached hydrogens (tertiary/aromatic N) is 2. The lowest BCUT2D eigenvalue weighted by molar-refractivity contribution is 0.102. The number of hydrogen-bond donors (Lipinski definition) is 1. The molecular weight excluding hydrogens is 358 g/mol. The van der Waals surface area contributed by atoms with Gasteiger partial charge < -0.3 is 5.32 Å². The lowest BCUT2D eigenvalue weighted by atomic mass is 10.0. The third kappa shape index (κ3) is 3.39. The molecule has 1 N–H and O–H groups in total. The number of anilines is 1. The summed E-state index contributed by atoms with van der Waals surface area (Å²) < 4.78 is 0. The molecule has 4 aromatic rings. The highest BCUT2D eigenvalue weighted by molar-refractivity contribution is 6.31. The van der Waals surface area contributed by atoms with Crippen molar-refractivity contribution in [1.29, 1.82) is 0 Å². The minimum Gasteiger partial charge on any atom is -0.322 e. The number of carbonyl (C=O) groups is 1. The number of halogens is 1. The second-order valence-corrected chi connectivity index (χ2v) is 6.59. The van der Waals surface area contributed by atoms with Crippen LogP contribution in [0.3, 0.4) is 0 Å². The molecule has 4 nitrogen and oxygen atoms in total. The van der Waals surface area contributed by atoms with E-state index in [-0.39, 0.29) is 5.91 Å². The molecule has 0 unspecified atom stereocenters. The zero-order valence-electron chi connectivity index (χ0n) is 14.6. The second-order valence-electron chi connectivity index (χ2n) is 6.18. The number of benzene rings is 2. The maximum absolute atomic E-state index is 13.1. The number of pyridine rings is 2. The van der Waals surface area contributed by atoms with Crippen LogP contribution in [-0.2, 0) is 0 Å². The molecule has 2 aromatic carbocycles. The van der Waals surface area contributed by atoms with Crippen molar-refractivity contribution < 1.29 is 4.79 Å². The Morgan fingerprint density at radius 2 is 1.89 bits per heavy atom. The van der Waals surface area contributed by atoms with Crippen molar-refractivity contribution in [2.24, 2.45) is 0 Å². The first-order valence-corrected chi connectivity index (χ1v) is 8.88. The number of nitrogens with one attached hydrogen (secondary N) is 1. The van der Waals surface area contributed by atoms with Crippen LogP contribution >= 0.6 is 11.6 Å². The summed E-state index contributed by atoms with van der Waals surface area (Å²) in [5, 5.41) is 4.38. The minimum atomic E-state index is -0.205. The summed E-state index contributed by atoms with van der Waals surface area (Å²) in [5.41, 5.74) is 4.39. The first-order valence-electron chi connectivity index (χ1n) is 8.50. The number of hydrogen-bond acceptors (Lipinski definition) is 3. The number of carbonyl (C=O) groups excluding carboxylic acids is 1. The highest BCUT2D eigenvalue weighted by Crippen LogP contribution is 2.27. The number of fused-ring (bicyclic) bond motifs is 1. The fourth-order valence-corrected chi connectivity index (χ4v) is 3.13. The van der Waals surface area contributed by atoms with Gasteiger partial charge in [-0.05, 0) is 48.9 Å². The highest BCUT2D eigenvalue weighted by Gasteiger charge is 2.15. The van der Waals surface area contributed by atoms with Gasteiger partial charge >= 0.3 is 0 Å². The summed E-state index contributed by atoms with van der Waals surface area (Å²) in [6.45, 7) is 1.88. The van der Waals surface area contributed by atoms with Crippen LogP contribution in [0.15, 0.2) is 73.1 Å². The molecule has 0 radical (unpaired) electrons. The van der Waals surface area contributed by atoms with E-state index in [1.807, 2.05) is 55.5 Å². The van der Waals surface area contributed by atoms with Crippen molar-refractivity contribution in [3.8, 4) is 11.3 Å². The third-order valence-corrected chi connectivity index (χ3v) is 4.84. The minimum absolute atomic E-state index is 0.205. The maximum atomic E-state index is 13.1. The SMILES string of the molecule is Cc1c(Cl)cccc1NC(=O)c1cc(-c2cccnc2)nc2ccccc12. The molecule has 132 valence electrons. The van der Waals surface area contributed by atoms with Crippen LogP contribution in [0.4, 0.5) is 5.69 Å². The van der Waals surface area contributed by atoms with Crippen LogP contribution in [-0.4, -0.2) is 15.9 Å². The Hall–Kier alpha value is -3.24. The van der Waals surface area contributed by atoms with E-state index in [4.69, 9.17) is 11.6 Å². The molecule has 2 aromatic heterocycles. The molecular formula is C22H16ClN3O. The Kier molecular flexibility index (Phi) is 4.57. The lowest BCUT2D eigenvalue weighted by Gasteiger charge is -2.12. The monoisotopic (exact) mass is 373 g/mol. The summed E-state index contributed by atoms with van der Waals surface area (Å²) in [5.74, 6) is -0.205. The van der Waals surface area contributed by atoms with E-state index in [2.05, 4.69) is 15.3 Å². The molecule has 0 saturated carbocycles. The van der Waals surface area contributed by atoms with Gasteiger partial charge in [-0.3, -0.25) is 9.78 Å². The van der Waals surface area contributed by atoms with E-state index >= 15 is 0 Å². The molecule has 0 aliphatic heterocycles. The van der Waals surface area contributed by atoms with Crippen molar-refractivity contribution in [3.05, 3.63) is 89.2 Å². The van der Waals surface area contributed by atoms with Crippen molar-refractivity contribution >= 4 is 34.1 Å². The third-order valence-electron chi connectivity index (χ3n) is 4.43. The Labute approximate surface area is 161 Å². The lowest BCUT2D eigenvalue weighted by Crippen LogP contribution is -2.14. The fourth-order valence-electron chi connectivity index (χ4n) is 2.96. The van der Waals surface area contributed by atoms with Crippen LogP contribution in [0.1, 0.15) is 15.9 Å². The van der Waals surface area contributed by atoms with Gasteiger partial charge in [0.2, 0.25) is 0 Å². The van der Waals surface area contributed by atoms with Gasteiger partial charge in [0.1, 0.15) is 0 Å². The van der Waals surface area contributed by atoms with Crippen LogP contribution in [0, 0.1) is 6.92 Å². The molecule has 0 aliphatic rings. The predicted molar refractivity (Wildman–Crippen MR) is 109 cm³/mol. The van der Waals surface area contributed by atoms with Gasteiger partial charge in [-0.25, -0.2) is 4.98 Å². The van der Waals surface area contributed by atoms with Gasteiger partial charge in [-0.15, -0.1) is 0 Å². The van der Waals surface area contributed by atoms with Crippen molar-refractivity contribution in [2.75, 3.05) is 5.32 Å². The van der Waals surface area contributed by atoms with Crippen LogP contribution in [0.2, 0.25) is 5.02 Å².